The van der Waals surface area contributed by atoms with Crippen LogP contribution in [0.5, 0.6) is 0 Å². The van der Waals surface area contributed by atoms with Crippen LogP contribution >= 0.6 is 0 Å². The lowest BCUT2D eigenvalue weighted by molar-refractivity contribution is 0.0737. The highest BCUT2D eigenvalue weighted by Crippen LogP contribution is 2.07. The molecule has 0 spiro atoms. The van der Waals surface area contributed by atoms with Crippen LogP contribution in [0.2, 0.25) is 0 Å². The van der Waals surface area contributed by atoms with E-state index >= 15 is 0 Å². The maximum atomic E-state index is 13.2. The van der Waals surface area contributed by atoms with Gasteiger partial charge in [-0.2, -0.15) is 4.39 Å². The quantitative estimate of drug-likeness (QED) is 0.595. The van der Waals surface area contributed by atoms with Gasteiger partial charge in [0.1, 0.15) is 0 Å². The zero-order valence-corrected chi connectivity index (χ0v) is 8.77. The van der Waals surface area contributed by atoms with Crippen molar-refractivity contribution in [2.75, 3.05) is 19.7 Å². The molecule has 0 atom stereocenters. The molecular formula is C11H13FN2O2. The van der Waals surface area contributed by atoms with E-state index < -0.39 is 11.9 Å². The second kappa shape index (κ2) is 5.97. The Hall–Kier alpha value is -1.75. The standard InChI is InChI=1S/C11H13FN2O2/c1-2-6-14(7-8-15)11(16)9-4-3-5-13-10(9)12/h2-5,15H,1,6-8H2. The largest absolute Gasteiger partial charge is 0.395 e. The normalized spacial score (nSPS) is 9.88. The second-order valence-electron chi connectivity index (χ2n) is 3.11. The van der Waals surface area contributed by atoms with E-state index in [9.17, 15) is 9.18 Å². The van der Waals surface area contributed by atoms with Crippen LogP contribution in [-0.2, 0) is 0 Å². The van der Waals surface area contributed by atoms with Gasteiger partial charge in [0.05, 0.1) is 12.2 Å². The molecule has 0 saturated heterocycles. The van der Waals surface area contributed by atoms with Gasteiger partial charge in [0, 0.05) is 19.3 Å². The number of rotatable bonds is 5. The smallest absolute Gasteiger partial charge is 0.258 e. The van der Waals surface area contributed by atoms with Crippen LogP contribution in [-0.4, -0.2) is 40.6 Å². The summed E-state index contributed by atoms with van der Waals surface area (Å²) in [6.07, 6.45) is 2.79. The average molecular weight is 224 g/mol. The minimum Gasteiger partial charge on any atom is -0.395 e. The van der Waals surface area contributed by atoms with Gasteiger partial charge in [-0.25, -0.2) is 4.98 Å². The van der Waals surface area contributed by atoms with E-state index in [1.165, 1.54) is 29.3 Å². The summed E-state index contributed by atoms with van der Waals surface area (Å²) in [7, 11) is 0. The van der Waals surface area contributed by atoms with Crippen LogP contribution in [0, 0.1) is 5.95 Å². The van der Waals surface area contributed by atoms with E-state index in [0.717, 1.165) is 0 Å². The molecule has 1 N–H and O–H groups in total. The van der Waals surface area contributed by atoms with E-state index in [1.54, 1.807) is 0 Å². The zero-order chi connectivity index (χ0) is 12.0. The van der Waals surface area contributed by atoms with Gasteiger partial charge in [-0.3, -0.25) is 4.79 Å². The molecule has 0 fully saturated rings. The number of carbonyl (C=O) groups is 1. The molecule has 0 aliphatic rings. The molecule has 0 bridgehead atoms. The molecule has 1 aromatic heterocycles. The molecule has 0 aliphatic carbocycles. The summed E-state index contributed by atoms with van der Waals surface area (Å²) in [6, 6.07) is 2.85. The van der Waals surface area contributed by atoms with Crippen molar-refractivity contribution in [1.82, 2.24) is 9.88 Å². The predicted molar refractivity (Wildman–Crippen MR) is 57.4 cm³/mol. The Bertz CT molecular complexity index is 382. The topological polar surface area (TPSA) is 53.4 Å². The monoisotopic (exact) mass is 224 g/mol. The molecule has 0 saturated carbocycles. The summed E-state index contributed by atoms with van der Waals surface area (Å²) in [6.45, 7) is 3.71. The van der Waals surface area contributed by atoms with Crippen LogP contribution in [0.4, 0.5) is 4.39 Å². The molecule has 4 nitrogen and oxygen atoms in total. The van der Waals surface area contributed by atoms with E-state index in [-0.39, 0.29) is 25.3 Å². The van der Waals surface area contributed by atoms with Crippen molar-refractivity contribution in [2.45, 2.75) is 0 Å². The Morgan fingerprint density at radius 1 is 1.69 bits per heavy atom. The van der Waals surface area contributed by atoms with Gasteiger partial charge >= 0.3 is 0 Å². The number of hydrogen-bond acceptors (Lipinski definition) is 3. The van der Waals surface area contributed by atoms with Gasteiger partial charge in [-0.15, -0.1) is 6.58 Å². The number of aromatic nitrogens is 1. The Labute approximate surface area is 93.0 Å². The minimum absolute atomic E-state index is 0.0993. The third-order valence-electron chi connectivity index (χ3n) is 2.00. The Balaban J connectivity index is 2.89. The van der Waals surface area contributed by atoms with E-state index in [1.807, 2.05) is 0 Å². The van der Waals surface area contributed by atoms with Crippen molar-refractivity contribution in [3.63, 3.8) is 0 Å². The van der Waals surface area contributed by atoms with Crippen molar-refractivity contribution in [1.29, 1.82) is 0 Å². The van der Waals surface area contributed by atoms with Crippen LogP contribution in [0.3, 0.4) is 0 Å². The van der Waals surface area contributed by atoms with Gasteiger partial charge in [-0.05, 0) is 12.1 Å². The van der Waals surface area contributed by atoms with E-state index in [0.29, 0.717) is 0 Å². The third-order valence-corrected chi connectivity index (χ3v) is 2.00. The van der Waals surface area contributed by atoms with E-state index in [2.05, 4.69) is 11.6 Å². The summed E-state index contributed by atoms with van der Waals surface area (Å²) in [5.41, 5.74) is -0.0993. The number of pyridine rings is 1. The number of hydrogen-bond donors (Lipinski definition) is 1. The number of nitrogens with zero attached hydrogens (tertiary/aromatic N) is 2. The minimum atomic E-state index is -0.806. The molecule has 1 heterocycles. The summed E-state index contributed by atoms with van der Waals surface area (Å²) in [5.74, 6) is -1.31. The van der Waals surface area contributed by atoms with Crippen molar-refractivity contribution < 1.29 is 14.3 Å². The fraction of sp³-hybridized carbons (Fsp3) is 0.273. The lowest BCUT2D eigenvalue weighted by atomic mass is 10.2. The number of aliphatic hydroxyl groups is 1. The number of amides is 1. The van der Waals surface area contributed by atoms with Crippen LogP contribution in [0.15, 0.2) is 31.0 Å². The molecule has 16 heavy (non-hydrogen) atoms. The third kappa shape index (κ3) is 2.87. The van der Waals surface area contributed by atoms with Crippen LogP contribution in [0.25, 0.3) is 0 Å². The molecule has 86 valence electrons. The summed E-state index contributed by atoms with van der Waals surface area (Å²) >= 11 is 0. The number of aliphatic hydroxyl groups excluding tert-OH is 1. The van der Waals surface area contributed by atoms with Gasteiger partial charge in [0.25, 0.3) is 5.91 Å². The van der Waals surface area contributed by atoms with Gasteiger partial charge in [0.15, 0.2) is 0 Å². The first-order valence-corrected chi connectivity index (χ1v) is 4.82. The Kier molecular flexibility index (Phi) is 4.60. The Morgan fingerprint density at radius 3 is 3.00 bits per heavy atom. The Morgan fingerprint density at radius 2 is 2.44 bits per heavy atom. The van der Waals surface area contributed by atoms with Crippen molar-refractivity contribution in [3.8, 4) is 0 Å². The van der Waals surface area contributed by atoms with Gasteiger partial charge in [0.2, 0.25) is 5.95 Å². The first kappa shape index (κ1) is 12.3. The van der Waals surface area contributed by atoms with Crippen molar-refractivity contribution in [2.24, 2.45) is 0 Å². The number of carbonyl (C=O) groups excluding carboxylic acids is 1. The second-order valence-corrected chi connectivity index (χ2v) is 3.11. The van der Waals surface area contributed by atoms with E-state index in [4.69, 9.17) is 5.11 Å². The molecule has 5 heteroatoms. The molecule has 1 amide bonds. The summed E-state index contributed by atoms with van der Waals surface area (Å²) < 4.78 is 13.2. The first-order chi connectivity index (χ1) is 7.70. The summed E-state index contributed by atoms with van der Waals surface area (Å²) in [4.78, 5) is 16.5. The fourth-order valence-corrected chi connectivity index (χ4v) is 1.27. The fourth-order valence-electron chi connectivity index (χ4n) is 1.27. The lowest BCUT2D eigenvalue weighted by Gasteiger charge is -2.19. The van der Waals surface area contributed by atoms with Crippen LogP contribution in [0.1, 0.15) is 10.4 Å². The molecule has 1 rings (SSSR count). The van der Waals surface area contributed by atoms with Gasteiger partial charge in [-0.1, -0.05) is 6.08 Å². The SMILES string of the molecule is C=CCN(CCO)C(=O)c1cccnc1F. The maximum absolute atomic E-state index is 13.2. The molecule has 1 aromatic rings. The average Bonchev–Trinajstić information content (AvgIpc) is 2.28. The zero-order valence-electron chi connectivity index (χ0n) is 8.77. The summed E-state index contributed by atoms with van der Waals surface area (Å²) in [5, 5.41) is 8.79. The van der Waals surface area contributed by atoms with Crippen molar-refractivity contribution >= 4 is 5.91 Å². The molecule has 0 aliphatic heterocycles. The van der Waals surface area contributed by atoms with Gasteiger partial charge < -0.3 is 10.0 Å². The highest BCUT2D eigenvalue weighted by atomic mass is 19.1. The highest BCUT2D eigenvalue weighted by molar-refractivity contribution is 5.94. The maximum Gasteiger partial charge on any atom is 0.258 e. The molecule has 0 aromatic carbocycles. The molecule has 0 unspecified atom stereocenters. The molecular weight excluding hydrogens is 211 g/mol. The molecule has 0 radical (unpaired) electrons. The first-order valence-electron chi connectivity index (χ1n) is 4.82. The predicted octanol–water partition coefficient (Wildman–Crippen LogP) is 0.841. The highest BCUT2D eigenvalue weighted by Gasteiger charge is 2.18. The van der Waals surface area contributed by atoms with Crippen molar-refractivity contribution in [3.05, 3.63) is 42.5 Å². The lowest BCUT2D eigenvalue weighted by Crippen LogP contribution is -2.34. The number of halogens is 1. The van der Waals surface area contributed by atoms with Crippen LogP contribution < -0.4 is 0 Å².